The molecule has 5 nitrogen and oxygen atoms in total. The van der Waals surface area contributed by atoms with Gasteiger partial charge in [-0.05, 0) is 11.1 Å². The Hall–Kier alpha value is -2.94. The zero-order valence-electron chi connectivity index (χ0n) is 13.2. The number of rotatable bonds is 3. The molecule has 0 amide bonds. The van der Waals surface area contributed by atoms with Gasteiger partial charge >= 0.3 is 15.6 Å². The van der Waals surface area contributed by atoms with Gasteiger partial charge in [-0.15, -0.1) is 0 Å². The van der Waals surface area contributed by atoms with Gasteiger partial charge in [0.05, 0.1) is 6.20 Å². The van der Waals surface area contributed by atoms with Gasteiger partial charge in [-0.1, -0.05) is 60.7 Å². The number of benzene rings is 2. The van der Waals surface area contributed by atoms with Crippen LogP contribution < -0.4 is 4.18 Å². The smallest absolute Gasteiger partial charge is 0.354 e. The second-order valence-electron chi connectivity index (χ2n) is 4.76. The normalized spacial score (nSPS) is 11.2. The summed E-state index contributed by atoms with van der Waals surface area (Å²) >= 11 is 0. The number of nitrogens with zero attached hydrogens (tertiary/aromatic N) is 2. The van der Waals surface area contributed by atoms with Crippen LogP contribution in [0.3, 0.4) is 0 Å². The van der Waals surface area contributed by atoms with Crippen LogP contribution in [0.4, 0.5) is 13.2 Å². The van der Waals surface area contributed by atoms with Crippen molar-refractivity contribution < 1.29 is 25.8 Å². The second-order valence-corrected chi connectivity index (χ2v) is 6.30. The highest BCUT2D eigenvalue weighted by molar-refractivity contribution is 7.87. The zero-order valence-corrected chi connectivity index (χ0v) is 14.0. The van der Waals surface area contributed by atoms with Crippen LogP contribution in [-0.2, 0) is 10.1 Å². The summed E-state index contributed by atoms with van der Waals surface area (Å²) in [5, 5.41) is 0. The van der Waals surface area contributed by atoms with E-state index in [-0.39, 0.29) is 0 Å². The van der Waals surface area contributed by atoms with Gasteiger partial charge in [0.1, 0.15) is 0 Å². The van der Waals surface area contributed by atoms with Gasteiger partial charge in [0.15, 0.2) is 0 Å². The lowest BCUT2D eigenvalue weighted by molar-refractivity contribution is -0.0501. The molecule has 0 N–H and O–H groups in total. The van der Waals surface area contributed by atoms with E-state index in [4.69, 9.17) is 0 Å². The Morgan fingerprint density at radius 1 is 0.808 bits per heavy atom. The first-order valence-corrected chi connectivity index (χ1v) is 8.58. The molecule has 9 heteroatoms. The number of hydrogen-bond donors (Lipinski definition) is 0. The molecule has 26 heavy (non-hydrogen) atoms. The predicted molar refractivity (Wildman–Crippen MR) is 89.5 cm³/mol. The first-order valence-electron chi connectivity index (χ1n) is 7.17. The van der Waals surface area contributed by atoms with E-state index in [2.05, 4.69) is 62.7 Å². The second kappa shape index (κ2) is 8.43. The maximum atomic E-state index is 11.8. The highest BCUT2D eigenvalue weighted by Crippen LogP contribution is 2.25. The Bertz CT molecular complexity index is 867. The first kappa shape index (κ1) is 19.4. The van der Waals surface area contributed by atoms with Crippen molar-refractivity contribution in [2.45, 2.75) is 5.51 Å². The highest BCUT2D eigenvalue weighted by Gasteiger charge is 2.48. The van der Waals surface area contributed by atoms with Crippen molar-refractivity contribution in [3.8, 4) is 17.0 Å². The van der Waals surface area contributed by atoms with E-state index >= 15 is 0 Å². The van der Waals surface area contributed by atoms with Crippen LogP contribution in [0.25, 0.3) is 11.1 Å². The summed E-state index contributed by atoms with van der Waals surface area (Å²) in [4.78, 5) is 6.55. The maximum Gasteiger partial charge on any atom is 0.534 e. The zero-order chi connectivity index (χ0) is 19.0. The van der Waals surface area contributed by atoms with E-state index in [1.165, 1.54) is 11.1 Å². The molecule has 1 heterocycles. The van der Waals surface area contributed by atoms with Crippen LogP contribution in [0.5, 0.6) is 5.88 Å². The molecule has 0 radical (unpaired) electrons. The molecule has 0 saturated heterocycles. The van der Waals surface area contributed by atoms with Gasteiger partial charge in [0, 0.05) is 12.4 Å². The van der Waals surface area contributed by atoms with Gasteiger partial charge in [-0.2, -0.15) is 21.6 Å². The molecule has 3 rings (SSSR count). The van der Waals surface area contributed by atoms with Crippen LogP contribution in [0, 0.1) is 0 Å². The molecule has 0 unspecified atom stereocenters. The standard InChI is InChI=1S/C12H10.C5H3F3N2O3S/c1-3-7-11(8-4-1)12-9-5-2-6-10-12;6-5(7,8)14(11,12)13-4-3-9-1-2-10-4/h1-10H;1-3H. The topological polar surface area (TPSA) is 69.2 Å². The number of alkyl halides is 3. The molecule has 0 fully saturated rings. The Morgan fingerprint density at radius 3 is 1.69 bits per heavy atom. The minimum Gasteiger partial charge on any atom is -0.354 e. The molecule has 0 aliphatic rings. The van der Waals surface area contributed by atoms with Gasteiger partial charge in [0.2, 0.25) is 0 Å². The summed E-state index contributed by atoms with van der Waals surface area (Å²) in [6.45, 7) is 0. The van der Waals surface area contributed by atoms with Crippen LogP contribution in [-0.4, -0.2) is 23.9 Å². The van der Waals surface area contributed by atoms with Crippen molar-refractivity contribution in [2.24, 2.45) is 0 Å². The van der Waals surface area contributed by atoms with Gasteiger partial charge < -0.3 is 4.18 Å². The number of hydrogen-bond acceptors (Lipinski definition) is 5. The molecular formula is C17H13F3N2O3S. The first-order chi connectivity index (χ1) is 12.3. The number of aromatic nitrogens is 2. The van der Waals surface area contributed by atoms with E-state index in [1.807, 2.05) is 12.1 Å². The molecule has 0 spiro atoms. The fourth-order valence-electron chi connectivity index (χ4n) is 1.75. The molecule has 0 saturated carbocycles. The Labute approximate surface area is 148 Å². The summed E-state index contributed by atoms with van der Waals surface area (Å²) in [5.41, 5.74) is -2.92. The van der Waals surface area contributed by atoms with Crippen LogP contribution >= 0.6 is 0 Å². The lowest BCUT2D eigenvalue weighted by Gasteiger charge is -2.07. The van der Waals surface area contributed by atoms with Gasteiger partial charge in [-0.25, -0.2) is 4.98 Å². The van der Waals surface area contributed by atoms with E-state index in [9.17, 15) is 21.6 Å². The average Bonchev–Trinajstić information content (AvgIpc) is 2.63. The fourth-order valence-corrected chi connectivity index (χ4v) is 2.15. The van der Waals surface area contributed by atoms with Gasteiger partial charge in [0.25, 0.3) is 5.88 Å². The molecule has 0 aliphatic carbocycles. The van der Waals surface area contributed by atoms with Crippen LogP contribution in [0.1, 0.15) is 0 Å². The van der Waals surface area contributed by atoms with Crippen LogP contribution in [0.15, 0.2) is 79.3 Å². The maximum absolute atomic E-state index is 11.8. The molecule has 0 aliphatic heterocycles. The molecule has 3 aromatic rings. The van der Waals surface area contributed by atoms with Crippen molar-refractivity contribution >= 4 is 10.1 Å². The van der Waals surface area contributed by atoms with Crippen molar-refractivity contribution in [1.82, 2.24) is 9.97 Å². The third-order valence-electron chi connectivity index (χ3n) is 2.90. The average molecular weight is 382 g/mol. The minimum absolute atomic E-state index is 0.732. The lowest BCUT2D eigenvalue weighted by atomic mass is 10.1. The molecule has 2 aromatic carbocycles. The van der Waals surface area contributed by atoms with Crippen LogP contribution in [0.2, 0.25) is 0 Å². The summed E-state index contributed by atoms with van der Waals surface area (Å²) in [6.07, 6.45) is 2.91. The third kappa shape index (κ3) is 5.55. The van der Waals surface area contributed by atoms with E-state index in [0.717, 1.165) is 18.6 Å². The van der Waals surface area contributed by atoms with Crippen molar-refractivity contribution in [1.29, 1.82) is 0 Å². The van der Waals surface area contributed by atoms with Gasteiger partial charge in [-0.3, -0.25) is 4.98 Å². The van der Waals surface area contributed by atoms with Crippen molar-refractivity contribution in [3.63, 3.8) is 0 Å². The van der Waals surface area contributed by atoms with E-state index in [0.29, 0.717) is 0 Å². The third-order valence-corrected chi connectivity index (χ3v) is 3.86. The lowest BCUT2D eigenvalue weighted by Crippen LogP contribution is -2.28. The van der Waals surface area contributed by atoms with Crippen molar-refractivity contribution in [3.05, 3.63) is 79.3 Å². The molecule has 0 atom stereocenters. The Balaban J connectivity index is 0.000000189. The molecule has 1 aromatic heterocycles. The van der Waals surface area contributed by atoms with Crippen molar-refractivity contribution in [2.75, 3.05) is 0 Å². The van der Waals surface area contributed by atoms with E-state index < -0.39 is 21.5 Å². The monoisotopic (exact) mass is 382 g/mol. The largest absolute Gasteiger partial charge is 0.534 e. The Morgan fingerprint density at radius 2 is 1.31 bits per heavy atom. The predicted octanol–water partition coefficient (Wildman–Crippen LogP) is 4.06. The quantitative estimate of drug-likeness (QED) is 0.505. The fraction of sp³-hybridized carbons (Fsp3) is 0.0588. The molecule has 0 bridgehead atoms. The summed E-state index contributed by atoms with van der Waals surface area (Å²) in [6, 6.07) is 20.8. The van der Waals surface area contributed by atoms with E-state index in [1.54, 1.807) is 0 Å². The molecule has 136 valence electrons. The summed E-state index contributed by atoms with van der Waals surface area (Å²) in [5.74, 6) is -0.732. The highest BCUT2D eigenvalue weighted by atomic mass is 32.2. The molecular weight excluding hydrogens is 369 g/mol. The number of halogens is 3. The Kier molecular flexibility index (Phi) is 6.29. The SMILES string of the molecule is O=S(=O)(Oc1cnccn1)C(F)(F)F.c1ccc(-c2ccccc2)cc1. The minimum atomic E-state index is -5.65. The summed E-state index contributed by atoms with van der Waals surface area (Å²) < 4.78 is 59.7. The summed E-state index contributed by atoms with van der Waals surface area (Å²) in [7, 11) is -5.65.